The van der Waals surface area contributed by atoms with E-state index in [9.17, 15) is 9.90 Å². The van der Waals surface area contributed by atoms with Crippen LogP contribution in [0.15, 0.2) is 18.2 Å². The number of phenols is 1. The fraction of sp³-hybridized carbons (Fsp3) is 0.533. The van der Waals surface area contributed by atoms with E-state index in [-0.39, 0.29) is 17.2 Å². The molecular weight excluding hydrogens is 226 g/mol. The zero-order valence-electron chi connectivity index (χ0n) is 11.7. The average molecular weight is 249 g/mol. The quantitative estimate of drug-likeness (QED) is 0.840. The molecule has 0 aromatic heterocycles. The molecule has 1 aromatic rings. The number of carbonyl (C=O) groups excluding carboxylic acids is 1. The minimum absolute atomic E-state index is 0.115. The molecule has 0 heterocycles. The van der Waals surface area contributed by atoms with Crippen LogP contribution < -0.4 is 5.32 Å². The van der Waals surface area contributed by atoms with Crippen LogP contribution in [0.25, 0.3) is 0 Å². The molecule has 1 aromatic carbocycles. The minimum atomic E-state index is -0.141. The second-order valence-electron chi connectivity index (χ2n) is 4.80. The van der Waals surface area contributed by atoms with Crippen molar-refractivity contribution in [1.82, 2.24) is 5.32 Å². The Morgan fingerprint density at radius 2 is 1.78 bits per heavy atom. The largest absolute Gasteiger partial charge is 0.508 e. The number of hydrogen-bond donors (Lipinski definition) is 2. The van der Waals surface area contributed by atoms with Crippen LogP contribution in [0.4, 0.5) is 0 Å². The summed E-state index contributed by atoms with van der Waals surface area (Å²) in [7, 11) is 0. The summed E-state index contributed by atoms with van der Waals surface area (Å²) in [5.74, 6) is 0.0496. The Hall–Kier alpha value is -1.51. The molecule has 0 saturated carbocycles. The predicted molar refractivity (Wildman–Crippen MR) is 73.9 cm³/mol. The Bertz CT molecular complexity index is 414. The van der Waals surface area contributed by atoms with E-state index in [1.807, 2.05) is 6.92 Å². The number of benzene rings is 1. The Kier molecular flexibility index (Phi) is 4.76. The van der Waals surface area contributed by atoms with Crippen molar-refractivity contribution < 1.29 is 9.90 Å². The van der Waals surface area contributed by atoms with Crippen LogP contribution in [0.2, 0.25) is 0 Å². The highest BCUT2D eigenvalue weighted by Gasteiger charge is 2.26. The van der Waals surface area contributed by atoms with Crippen LogP contribution in [-0.4, -0.2) is 16.6 Å². The topological polar surface area (TPSA) is 49.3 Å². The van der Waals surface area contributed by atoms with Gasteiger partial charge in [-0.2, -0.15) is 0 Å². The van der Waals surface area contributed by atoms with Crippen molar-refractivity contribution in [3.8, 4) is 5.75 Å². The lowest BCUT2D eigenvalue weighted by atomic mass is 9.89. The van der Waals surface area contributed by atoms with Gasteiger partial charge in [0.15, 0.2) is 0 Å². The maximum atomic E-state index is 12.2. The third-order valence-electron chi connectivity index (χ3n) is 3.88. The van der Waals surface area contributed by atoms with Crippen LogP contribution in [0, 0.1) is 6.92 Å². The maximum absolute atomic E-state index is 12.2. The van der Waals surface area contributed by atoms with E-state index < -0.39 is 0 Å². The lowest BCUT2D eigenvalue weighted by molar-refractivity contribution is 0.0888. The molecule has 1 rings (SSSR count). The number of rotatable bonds is 5. The predicted octanol–water partition coefficient (Wildman–Crippen LogP) is 3.40. The number of hydrogen-bond acceptors (Lipinski definition) is 2. The Morgan fingerprint density at radius 3 is 2.22 bits per heavy atom. The summed E-state index contributed by atoms with van der Waals surface area (Å²) in [5.41, 5.74) is 1.15. The van der Waals surface area contributed by atoms with E-state index >= 15 is 0 Å². The van der Waals surface area contributed by atoms with Crippen molar-refractivity contribution in [2.45, 2.75) is 52.5 Å². The summed E-state index contributed by atoms with van der Waals surface area (Å²) in [5, 5.41) is 12.7. The molecule has 0 aliphatic heterocycles. The highest BCUT2D eigenvalue weighted by Crippen LogP contribution is 2.22. The molecule has 0 spiro atoms. The smallest absolute Gasteiger partial charge is 0.251 e. The second kappa shape index (κ2) is 5.89. The Labute approximate surface area is 109 Å². The molecule has 3 heteroatoms. The van der Waals surface area contributed by atoms with Gasteiger partial charge in [-0.15, -0.1) is 0 Å². The molecule has 0 radical (unpaired) electrons. The molecular formula is C15H23NO2. The monoisotopic (exact) mass is 249 g/mol. The number of amides is 1. The first kappa shape index (κ1) is 14.6. The Balaban J connectivity index is 2.90. The van der Waals surface area contributed by atoms with Crippen molar-refractivity contribution in [2.75, 3.05) is 0 Å². The molecule has 0 atom stereocenters. The van der Waals surface area contributed by atoms with Gasteiger partial charge in [-0.3, -0.25) is 4.79 Å². The molecule has 0 aliphatic rings. The van der Waals surface area contributed by atoms with Crippen molar-refractivity contribution in [3.05, 3.63) is 29.3 Å². The van der Waals surface area contributed by atoms with Crippen molar-refractivity contribution in [2.24, 2.45) is 0 Å². The van der Waals surface area contributed by atoms with E-state index in [1.54, 1.807) is 12.1 Å². The first-order valence-corrected chi connectivity index (χ1v) is 6.60. The van der Waals surface area contributed by atoms with Gasteiger partial charge in [-0.05, 0) is 43.9 Å². The van der Waals surface area contributed by atoms with Crippen LogP contribution in [0.1, 0.15) is 56.0 Å². The zero-order valence-corrected chi connectivity index (χ0v) is 11.7. The van der Waals surface area contributed by atoms with Gasteiger partial charge in [0.05, 0.1) is 0 Å². The molecule has 100 valence electrons. The summed E-state index contributed by atoms with van der Waals surface area (Å²) in [6.45, 7) is 8.06. The number of carbonyl (C=O) groups is 1. The fourth-order valence-electron chi connectivity index (χ4n) is 2.08. The van der Waals surface area contributed by atoms with Crippen LogP contribution in [-0.2, 0) is 0 Å². The van der Waals surface area contributed by atoms with Gasteiger partial charge in [-0.25, -0.2) is 0 Å². The van der Waals surface area contributed by atoms with Crippen molar-refractivity contribution >= 4 is 5.91 Å². The summed E-state index contributed by atoms with van der Waals surface area (Å²) in [6, 6.07) is 5.03. The SMILES string of the molecule is CCC(CC)(CC)NC(=O)c1ccc(C)c(O)c1. The summed E-state index contributed by atoms with van der Waals surface area (Å²) >= 11 is 0. The number of nitrogens with one attached hydrogen (secondary N) is 1. The van der Waals surface area contributed by atoms with Gasteiger partial charge >= 0.3 is 0 Å². The second-order valence-corrected chi connectivity index (χ2v) is 4.80. The molecule has 0 fully saturated rings. The van der Waals surface area contributed by atoms with Gasteiger partial charge in [0.25, 0.3) is 5.91 Å². The van der Waals surface area contributed by atoms with Crippen LogP contribution in [0.3, 0.4) is 0 Å². The van der Waals surface area contributed by atoms with Crippen molar-refractivity contribution in [1.29, 1.82) is 0 Å². The molecule has 18 heavy (non-hydrogen) atoms. The first-order chi connectivity index (χ1) is 8.48. The number of aryl methyl sites for hydroxylation is 1. The molecule has 2 N–H and O–H groups in total. The lowest BCUT2D eigenvalue weighted by Gasteiger charge is -2.31. The van der Waals surface area contributed by atoms with E-state index in [0.717, 1.165) is 24.8 Å². The van der Waals surface area contributed by atoms with Gasteiger partial charge in [0, 0.05) is 11.1 Å². The fourth-order valence-corrected chi connectivity index (χ4v) is 2.08. The van der Waals surface area contributed by atoms with Crippen molar-refractivity contribution in [3.63, 3.8) is 0 Å². The highest BCUT2D eigenvalue weighted by atomic mass is 16.3. The van der Waals surface area contributed by atoms with Gasteiger partial charge in [0.1, 0.15) is 5.75 Å². The van der Waals surface area contributed by atoms with E-state index in [2.05, 4.69) is 26.1 Å². The molecule has 0 aliphatic carbocycles. The lowest BCUT2D eigenvalue weighted by Crippen LogP contribution is -2.47. The number of phenolic OH excluding ortho intramolecular Hbond substituents is 1. The third kappa shape index (κ3) is 3.03. The Morgan fingerprint density at radius 1 is 1.22 bits per heavy atom. The van der Waals surface area contributed by atoms with E-state index in [4.69, 9.17) is 0 Å². The van der Waals surface area contributed by atoms with Gasteiger partial charge in [0.2, 0.25) is 0 Å². The summed E-state index contributed by atoms with van der Waals surface area (Å²) in [4.78, 5) is 12.2. The summed E-state index contributed by atoms with van der Waals surface area (Å²) in [6.07, 6.45) is 2.72. The third-order valence-corrected chi connectivity index (χ3v) is 3.88. The minimum Gasteiger partial charge on any atom is -0.508 e. The molecule has 0 bridgehead atoms. The zero-order chi connectivity index (χ0) is 13.8. The maximum Gasteiger partial charge on any atom is 0.251 e. The van der Waals surface area contributed by atoms with Gasteiger partial charge in [-0.1, -0.05) is 26.8 Å². The van der Waals surface area contributed by atoms with E-state index in [1.165, 1.54) is 6.07 Å². The normalized spacial score (nSPS) is 11.3. The van der Waals surface area contributed by atoms with Gasteiger partial charge < -0.3 is 10.4 Å². The molecule has 3 nitrogen and oxygen atoms in total. The standard InChI is InChI=1S/C15H23NO2/c1-5-15(6-2,7-3)16-14(18)12-9-8-11(4)13(17)10-12/h8-10,17H,5-7H2,1-4H3,(H,16,18). The molecule has 1 amide bonds. The molecule has 0 unspecified atom stereocenters. The van der Waals surface area contributed by atoms with Crippen LogP contribution in [0.5, 0.6) is 5.75 Å². The highest BCUT2D eigenvalue weighted by molar-refractivity contribution is 5.95. The molecule has 0 saturated heterocycles. The first-order valence-electron chi connectivity index (χ1n) is 6.60. The average Bonchev–Trinajstić information content (AvgIpc) is 2.39. The number of aromatic hydroxyl groups is 1. The summed E-state index contributed by atoms with van der Waals surface area (Å²) < 4.78 is 0. The van der Waals surface area contributed by atoms with Crippen LogP contribution >= 0.6 is 0 Å². The van der Waals surface area contributed by atoms with E-state index in [0.29, 0.717) is 5.56 Å².